The van der Waals surface area contributed by atoms with Crippen LogP contribution < -0.4 is 16.5 Å². The quantitative estimate of drug-likeness (QED) is 0.514. The maximum atomic E-state index is 13.2. The molecule has 1 saturated heterocycles. The summed E-state index contributed by atoms with van der Waals surface area (Å²) in [6.45, 7) is 7.50. The highest BCUT2D eigenvalue weighted by molar-refractivity contribution is 7.88. The van der Waals surface area contributed by atoms with Gasteiger partial charge in [-0.1, -0.05) is 32.9 Å². The molecular weight excluding hydrogens is 480 g/mol. The van der Waals surface area contributed by atoms with E-state index in [-0.39, 0.29) is 29.5 Å². The van der Waals surface area contributed by atoms with Crippen molar-refractivity contribution in [3.8, 4) is 6.07 Å². The van der Waals surface area contributed by atoms with Crippen LogP contribution in [-0.4, -0.2) is 60.1 Å². The van der Waals surface area contributed by atoms with Gasteiger partial charge in [-0.05, 0) is 49.1 Å². The Hall–Kier alpha value is -2.97. The van der Waals surface area contributed by atoms with Gasteiger partial charge < -0.3 is 5.32 Å². The van der Waals surface area contributed by atoms with Gasteiger partial charge in [0.15, 0.2) is 0 Å². The van der Waals surface area contributed by atoms with Crippen molar-refractivity contribution in [1.82, 2.24) is 19.2 Å². The fraction of sp³-hybridized carbons (Fsp3) is 0.600. The van der Waals surface area contributed by atoms with Gasteiger partial charge >= 0.3 is 5.69 Å². The minimum atomic E-state index is -3.21. The first-order chi connectivity index (χ1) is 16.9. The van der Waals surface area contributed by atoms with Crippen molar-refractivity contribution in [3.63, 3.8) is 0 Å². The lowest BCUT2D eigenvalue weighted by Crippen LogP contribution is -2.41. The first kappa shape index (κ1) is 27.6. The lowest BCUT2D eigenvalue weighted by Gasteiger charge is -2.30. The SMILES string of the molecule is CC(C)(C)CCC(/N=c1/[nH]c(=O)n(CC2CCN(S(C)(=O)=O)CC2)c2ccccc12)C(=O)NCC#N. The molecule has 0 radical (unpaired) electrons. The Bertz CT molecular complexity index is 1360. The number of aromatic amines is 1. The molecule has 11 heteroatoms. The normalized spacial score (nSPS) is 17.1. The molecule has 1 aromatic heterocycles. The third-order valence-corrected chi connectivity index (χ3v) is 7.80. The molecule has 0 spiro atoms. The lowest BCUT2D eigenvalue weighted by molar-refractivity contribution is -0.122. The fourth-order valence-electron chi connectivity index (χ4n) is 4.44. The number of para-hydroxylation sites is 1. The zero-order chi connectivity index (χ0) is 26.5. The number of sulfonamides is 1. The summed E-state index contributed by atoms with van der Waals surface area (Å²) in [5.41, 5.74) is 0.706. The van der Waals surface area contributed by atoms with Crippen molar-refractivity contribution in [2.75, 3.05) is 25.9 Å². The molecular formula is C25H36N6O4S. The van der Waals surface area contributed by atoms with Crippen molar-refractivity contribution < 1.29 is 13.2 Å². The molecule has 1 aliphatic heterocycles. The number of carbonyl (C=O) groups excluding carboxylic acids is 1. The van der Waals surface area contributed by atoms with Crippen molar-refractivity contribution in [2.24, 2.45) is 16.3 Å². The molecule has 1 amide bonds. The number of piperidine rings is 1. The van der Waals surface area contributed by atoms with Gasteiger partial charge in [0, 0.05) is 25.0 Å². The molecule has 2 aromatic rings. The number of nitrogens with one attached hydrogen (secondary N) is 2. The number of benzene rings is 1. The number of aromatic nitrogens is 2. The molecule has 1 atom stereocenters. The standard InChI is InChI=1S/C25H36N6O4S/c1-25(2,3)12-9-20(23(32)27-14-13-26)28-22-19-7-5-6-8-21(19)31(24(33)29-22)17-18-10-15-30(16-11-18)36(4,34)35/h5-8,18,20H,9-12,14-17H2,1-4H3,(H,27,32)(H,28,29,33). The van der Waals surface area contributed by atoms with Gasteiger partial charge in [-0.2, -0.15) is 5.26 Å². The molecule has 10 nitrogen and oxygen atoms in total. The minimum absolute atomic E-state index is 0.00878. The highest BCUT2D eigenvalue weighted by Crippen LogP contribution is 2.23. The van der Waals surface area contributed by atoms with Crippen molar-refractivity contribution >= 4 is 26.8 Å². The van der Waals surface area contributed by atoms with E-state index in [4.69, 9.17) is 5.26 Å². The number of fused-ring (bicyclic) bond motifs is 1. The molecule has 36 heavy (non-hydrogen) atoms. The van der Waals surface area contributed by atoms with E-state index in [1.807, 2.05) is 30.3 Å². The van der Waals surface area contributed by atoms with Gasteiger partial charge in [0.2, 0.25) is 15.9 Å². The summed E-state index contributed by atoms with van der Waals surface area (Å²) in [5.74, 6) is -0.184. The van der Waals surface area contributed by atoms with Crippen LogP contribution in [0.4, 0.5) is 0 Å². The van der Waals surface area contributed by atoms with Gasteiger partial charge in [0.05, 0.1) is 17.8 Å². The molecule has 2 heterocycles. The van der Waals surface area contributed by atoms with Crippen molar-refractivity contribution in [2.45, 2.75) is 59.0 Å². The first-order valence-electron chi connectivity index (χ1n) is 12.2. The Kier molecular flexibility index (Phi) is 8.74. The van der Waals surface area contributed by atoms with Crippen LogP contribution in [0, 0.1) is 22.7 Å². The Morgan fingerprint density at radius 1 is 1.28 bits per heavy atom. The van der Waals surface area contributed by atoms with Crippen molar-refractivity contribution in [1.29, 1.82) is 5.26 Å². The molecule has 0 aliphatic carbocycles. The highest BCUT2D eigenvalue weighted by atomic mass is 32.2. The van der Waals surface area contributed by atoms with Gasteiger partial charge in [-0.3, -0.25) is 19.3 Å². The fourth-order valence-corrected chi connectivity index (χ4v) is 5.32. The zero-order valence-electron chi connectivity index (χ0n) is 21.5. The Labute approximate surface area is 212 Å². The summed E-state index contributed by atoms with van der Waals surface area (Å²) < 4.78 is 26.8. The topological polar surface area (TPSA) is 140 Å². The summed E-state index contributed by atoms with van der Waals surface area (Å²) in [6, 6.07) is 8.60. The summed E-state index contributed by atoms with van der Waals surface area (Å²) in [5, 5.41) is 12.2. The number of amides is 1. The molecule has 3 rings (SSSR count). The second-order valence-corrected chi connectivity index (χ2v) is 12.6. The maximum Gasteiger partial charge on any atom is 0.327 e. The summed E-state index contributed by atoms with van der Waals surface area (Å²) in [4.78, 5) is 33.5. The van der Waals surface area contributed by atoms with Crippen LogP contribution >= 0.6 is 0 Å². The third-order valence-electron chi connectivity index (χ3n) is 6.50. The van der Waals surface area contributed by atoms with Crippen molar-refractivity contribution in [3.05, 3.63) is 40.2 Å². The van der Waals surface area contributed by atoms with Crippen LogP contribution in [0.15, 0.2) is 34.1 Å². The Morgan fingerprint density at radius 3 is 2.56 bits per heavy atom. The largest absolute Gasteiger partial charge is 0.341 e. The Balaban J connectivity index is 1.96. The average molecular weight is 517 g/mol. The minimum Gasteiger partial charge on any atom is -0.341 e. The number of hydrogen-bond acceptors (Lipinski definition) is 6. The molecule has 0 bridgehead atoms. The first-order valence-corrected chi connectivity index (χ1v) is 14.1. The van der Waals surface area contributed by atoms with Crippen LogP contribution in [-0.2, 0) is 21.4 Å². The summed E-state index contributed by atoms with van der Waals surface area (Å²) in [7, 11) is -3.21. The van der Waals surface area contributed by atoms with Crippen LogP contribution in [0.1, 0.15) is 46.5 Å². The Morgan fingerprint density at radius 2 is 1.94 bits per heavy atom. The average Bonchev–Trinajstić information content (AvgIpc) is 2.81. The number of nitrogens with zero attached hydrogens (tertiary/aromatic N) is 4. The molecule has 0 saturated carbocycles. The van der Waals surface area contributed by atoms with Crippen LogP contribution in [0.2, 0.25) is 0 Å². The molecule has 1 unspecified atom stereocenters. The predicted octanol–water partition coefficient (Wildman–Crippen LogP) is 1.74. The van der Waals surface area contributed by atoms with E-state index in [0.717, 1.165) is 11.8 Å². The zero-order valence-corrected chi connectivity index (χ0v) is 22.3. The smallest absolute Gasteiger partial charge is 0.327 e. The van der Waals surface area contributed by atoms with Gasteiger partial charge in [0.25, 0.3) is 0 Å². The van der Waals surface area contributed by atoms with E-state index >= 15 is 0 Å². The van der Waals surface area contributed by atoms with Gasteiger partial charge in [-0.15, -0.1) is 0 Å². The number of H-pyrrole nitrogens is 1. The molecule has 2 N–H and O–H groups in total. The van der Waals surface area contributed by atoms with Crippen LogP contribution in [0.5, 0.6) is 0 Å². The monoisotopic (exact) mass is 516 g/mol. The highest BCUT2D eigenvalue weighted by Gasteiger charge is 2.26. The molecule has 1 fully saturated rings. The molecule has 1 aliphatic rings. The number of rotatable bonds is 8. The second-order valence-electron chi connectivity index (χ2n) is 10.6. The number of nitriles is 1. The van der Waals surface area contributed by atoms with E-state index in [1.165, 1.54) is 10.6 Å². The molecule has 196 valence electrons. The third kappa shape index (κ3) is 7.27. The van der Waals surface area contributed by atoms with Gasteiger partial charge in [-0.25, -0.2) is 17.5 Å². The van der Waals surface area contributed by atoms with Crippen LogP contribution in [0.25, 0.3) is 10.9 Å². The second kappa shape index (κ2) is 11.4. The molecule has 1 aromatic carbocycles. The predicted molar refractivity (Wildman–Crippen MR) is 138 cm³/mol. The van der Waals surface area contributed by atoms with E-state index < -0.39 is 16.1 Å². The number of carbonyl (C=O) groups is 1. The van der Waals surface area contributed by atoms with E-state index in [1.54, 1.807) is 4.57 Å². The summed E-state index contributed by atoms with van der Waals surface area (Å²) in [6.07, 6.45) is 3.78. The maximum absolute atomic E-state index is 13.2. The van der Waals surface area contributed by atoms with Crippen LogP contribution in [0.3, 0.4) is 0 Å². The van der Waals surface area contributed by atoms with E-state index in [9.17, 15) is 18.0 Å². The number of hydrogen-bond donors (Lipinski definition) is 2. The lowest BCUT2D eigenvalue weighted by atomic mass is 9.88. The van der Waals surface area contributed by atoms with Gasteiger partial charge in [0.1, 0.15) is 18.1 Å². The summed E-state index contributed by atoms with van der Waals surface area (Å²) >= 11 is 0. The van der Waals surface area contributed by atoms with E-state index in [0.29, 0.717) is 49.9 Å². The van der Waals surface area contributed by atoms with E-state index in [2.05, 4.69) is 36.1 Å².